The van der Waals surface area contributed by atoms with E-state index in [-0.39, 0.29) is 6.54 Å². The molecule has 0 aliphatic heterocycles. The zero-order valence-electron chi connectivity index (χ0n) is 11.4. The second kappa shape index (κ2) is 6.58. The molecular weight excluding hydrogens is 299 g/mol. The first-order chi connectivity index (χ1) is 10.0. The fraction of sp³-hybridized carbons (Fsp3) is 0.286. The molecule has 112 valence electrons. The lowest BCUT2D eigenvalue weighted by atomic mass is 10.2. The third kappa shape index (κ3) is 3.72. The van der Waals surface area contributed by atoms with E-state index < -0.39 is 17.1 Å². The van der Waals surface area contributed by atoms with E-state index in [9.17, 15) is 14.0 Å². The Bertz CT molecular complexity index is 755. The van der Waals surface area contributed by atoms with Crippen LogP contribution in [0.5, 0.6) is 5.75 Å². The molecule has 7 heteroatoms. The number of rotatable bonds is 5. The molecule has 0 radical (unpaired) electrons. The molecule has 0 unspecified atom stereocenters. The number of benzene rings is 1. The summed E-state index contributed by atoms with van der Waals surface area (Å²) in [6.07, 6.45) is 1.74. The van der Waals surface area contributed by atoms with Crippen LogP contribution in [-0.2, 0) is 6.54 Å². The molecule has 2 rings (SSSR count). The van der Waals surface area contributed by atoms with Gasteiger partial charge in [-0.3, -0.25) is 14.3 Å². The van der Waals surface area contributed by atoms with E-state index in [2.05, 4.69) is 0 Å². The lowest BCUT2D eigenvalue weighted by Gasteiger charge is -2.09. The highest BCUT2D eigenvalue weighted by Crippen LogP contribution is 2.25. The van der Waals surface area contributed by atoms with Gasteiger partial charge in [-0.25, -0.2) is 4.79 Å². The van der Waals surface area contributed by atoms with Crippen LogP contribution < -0.4 is 16.0 Å². The molecule has 1 aromatic heterocycles. The number of nitrogens with zero attached hydrogens (tertiary/aromatic N) is 1. The van der Waals surface area contributed by atoms with E-state index in [1.54, 1.807) is 18.2 Å². The predicted octanol–water partition coefficient (Wildman–Crippen LogP) is 2.17. The van der Waals surface area contributed by atoms with E-state index in [1.807, 2.05) is 11.9 Å². The Balaban J connectivity index is 2.24. The normalized spacial score (nSPS) is 10.6. The maximum Gasteiger partial charge on any atom is 0.328 e. The summed E-state index contributed by atoms with van der Waals surface area (Å²) in [6.45, 7) is 2.64. The van der Waals surface area contributed by atoms with Gasteiger partial charge in [0.05, 0.1) is 24.4 Å². The van der Waals surface area contributed by atoms with Crippen molar-refractivity contribution in [1.29, 1.82) is 0 Å². The van der Waals surface area contributed by atoms with Gasteiger partial charge in [0, 0.05) is 0 Å². The summed E-state index contributed by atoms with van der Waals surface area (Å²) in [4.78, 5) is 24.4. The Morgan fingerprint density at radius 1 is 1.38 bits per heavy atom. The maximum atomic E-state index is 13.2. The summed E-state index contributed by atoms with van der Waals surface area (Å²) >= 11 is 6.08. The fourth-order valence-electron chi connectivity index (χ4n) is 1.77. The number of nitrogens with one attached hydrogen (secondary N) is 1. The van der Waals surface area contributed by atoms with Crippen molar-refractivity contribution in [1.82, 2.24) is 9.55 Å². The summed E-state index contributed by atoms with van der Waals surface area (Å²) < 4.78 is 19.7. The molecule has 1 heterocycles. The van der Waals surface area contributed by atoms with Gasteiger partial charge < -0.3 is 4.74 Å². The Morgan fingerprint density at radius 3 is 2.81 bits per heavy atom. The fourth-order valence-corrected chi connectivity index (χ4v) is 2.03. The van der Waals surface area contributed by atoms with E-state index >= 15 is 0 Å². The van der Waals surface area contributed by atoms with Crippen molar-refractivity contribution >= 4 is 11.6 Å². The molecule has 0 aliphatic rings. The van der Waals surface area contributed by atoms with Crippen LogP contribution in [0.2, 0.25) is 5.02 Å². The van der Waals surface area contributed by atoms with Gasteiger partial charge in [0.2, 0.25) is 5.82 Å². The zero-order chi connectivity index (χ0) is 15.4. The van der Waals surface area contributed by atoms with Gasteiger partial charge in [-0.15, -0.1) is 0 Å². The van der Waals surface area contributed by atoms with Crippen LogP contribution >= 0.6 is 11.6 Å². The minimum atomic E-state index is -1.03. The molecule has 0 saturated heterocycles. The first-order valence-corrected chi connectivity index (χ1v) is 6.79. The number of H-pyrrole nitrogens is 1. The highest BCUT2D eigenvalue weighted by atomic mass is 35.5. The van der Waals surface area contributed by atoms with Crippen molar-refractivity contribution in [3.63, 3.8) is 0 Å². The van der Waals surface area contributed by atoms with Crippen molar-refractivity contribution in [3.8, 4) is 5.75 Å². The highest BCUT2D eigenvalue weighted by Gasteiger charge is 2.07. The van der Waals surface area contributed by atoms with Crippen LogP contribution in [-0.4, -0.2) is 16.2 Å². The lowest BCUT2D eigenvalue weighted by molar-refractivity contribution is 0.317. The Morgan fingerprint density at radius 2 is 2.14 bits per heavy atom. The summed E-state index contributed by atoms with van der Waals surface area (Å²) in [6, 6.07) is 5.06. The van der Waals surface area contributed by atoms with Crippen LogP contribution in [0.4, 0.5) is 4.39 Å². The van der Waals surface area contributed by atoms with Gasteiger partial charge >= 0.3 is 5.69 Å². The molecule has 0 saturated carbocycles. The molecule has 0 amide bonds. The van der Waals surface area contributed by atoms with Crippen LogP contribution in [0.15, 0.2) is 34.0 Å². The second-order valence-electron chi connectivity index (χ2n) is 4.48. The maximum absolute atomic E-state index is 13.2. The Hall–Kier alpha value is -2.08. The third-order valence-corrected chi connectivity index (χ3v) is 3.07. The van der Waals surface area contributed by atoms with Gasteiger partial charge in [-0.2, -0.15) is 4.39 Å². The van der Waals surface area contributed by atoms with Gasteiger partial charge in [-0.1, -0.05) is 24.6 Å². The SMILES string of the molecule is CCCOc1ccc(Cn2cc(F)c(=O)[nH]c2=O)cc1Cl. The minimum absolute atomic E-state index is 0.0975. The Labute approximate surface area is 125 Å². The summed E-state index contributed by atoms with van der Waals surface area (Å²) in [5.41, 5.74) is -1.01. The number of hydrogen-bond acceptors (Lipinski definition) is 3. The lowest BCUT2D eigenvalue weighted by Crippen LogP contribution is -2.31. The minimum Gasteiger partial charge on any atom is -0.492 e. The van der Waals surface area contributed by atoms with Crippen molar-refractivity contribution in [3.05, 3.63) is 61.6 Å². The topological polar surface area (TPSA) is 64.1 Å². The predicted molar refractivity (Wildman–Crippen MR) is 77.6 cm³/mol. The average molecular weight is 313 g/mol. The molecule has 1 aromatic carbocycles. The molecule has 1 N–H and O–H groups in total. The average Bonchev–Trinajstić information content (AvgIpc) is 2.44. The van der Waals surface area contributed by atoms with Crippen LogP contribution in [0.3, 0.4) is 0 Å². The van der Waals surface area contributed by atoms with Gasteiger partial charge in [0.25, 0.3) is 5.56 Å². The molecule has 0 spiro atoms. The van der Waals surface area contributed by atoms with Crippen molar-refractivity contribution in [2.75, 3.05) is 6.61 Å². The van der Waals surface area contributed by atoms with Gasteiger partial charge in [0.15, 0.2) is 0 Å². The molecule has 0 fully saturated rings. The standard InChI is InChI=1S/C14H14ClFN2O3/c1-2-5-21-12-4-3-9(6-10(12)15)7-18-8-11(16)13(19)17-14(18)20/h3-4,6,8H,2,5,7H2,1H3,(H,17,19,20). The largest absolute Gasteiger partial charge is 0.492 e. The van der Waals surface area contributed by atoms with Gasteiger partial charge in [-0.05, 0) is 24.1 Å². The van der Waals surface area contributed by atoms with E-state index in [1.165, 1.54) is 0 Å². The van der Waals surface area contributed by atoms with Crippen molar-refractivity contribution in [2.45, 2.75) is 19.9 Å². The molecule has 0 atom stereocenters. The van der Waals surface area contributed by atoms with E-state index in [0.717, 1.165) is 17.2 Å². The summed E-state index contributed by atoms with van der Waals surface area (Å²) in [5.74, 6) is -0.453. The van der Waals surface area contributed by atoms with E-state index in [0.29, 0.717) is 22.9 Å². The molecule has 0 aliphatic carbocycles. The van der Waals surface area contributed by atoms with Crippen LogP contribution in [0.25, 0.3) is 0 Å². The molecule has 5 nitrogen and oxygen atoms in total. The third-order valence-electron chi connectivity index (χ3n) is 2.78. The number of hydrogen-bond donors (Lipinski definition) is 1. The smallest absolute Gasteiger partial charge is 0.328 e. The molecule has 21 heavy (non-hydrogen) atoms. The van der Waals surface area contributed by atoms with Crippen molar-refractivity contribution in [2.24, 2.45) is 0 Å². The first kappa shape index (κ1) is 15.3. The highest BCUT2D eigenvalue weighted by molar-refractivity contribution is 6.32. The van der Waals surface area contributed by atoms with Crippen LogP contribution in [0, 0.1) is 5.82 Å². The summed E-state index contributed by atoms with van der Waals surface area (Å²) in [7, 11) is 0. The monoisotopic (exact) mass is 312 g/mol. The van der Waals surface area contributed by atoms with E-state index in [4.69, 9.17) is 16.3 Å². The number of aromatic nitrogens is 2. The summed E-state index contributed by atoms with van der Waals surface area (Å²) in [5, 5.41) is 0.416. The first-order valence-electron chi connectivity index (χ1n) is 6.41. The number of halogens is 2. The second-order valence-corrected chi connectivity index (χ2v) is 4.88. The van der Waals surface area contributed by atoms with Crippen LogP contribution in [0.1, 0.15) is 18.9 Å². The number of aromatic amines is 1. The molecular formula is C14H14ClFN2O3. The van der Waals surface area contributed by atoms with Crippen molar-refractivity contribution < 1.29 is 9.13 Å². The Kier molecular flexibility index (Phi) is 4.80. The quantitative estimate of drug-likeness (QED) is 0.920. The van der Waals surface area contributed by atoms with Gasteiger partial charge in [0.1, 0.15) is 5.75 Å². The number of ether oxygens (including phenoxy) is 1. The zero-order valence-corrected chi connectivity index (χ0v) is 12.1. The molecule has 0 bridgehead atoms. The molecule has 2 aromatic rings.